The number of rotatable bonds is 3. The summed E-state index contributed by atoms with van der Waals surface area (Å²) >= 11 is 0. The molecule has 0 aliphatic heterocycles. The number of hydrogen-bond acceptors (Lipinski definition) is 2. The first kappa shape index (κ1) is 12.2. The smallest absolute Gasteiger partial charge is 0.0790 e. The molecule has 1 atom stereocenters. The predicted molar refractivity (Wildman–Crippen MR) is 73.2 cm³/mol. The van der Waals surface area contributed by atoms with Crippen molar-refractivity contribution in [2.24, 2.45) is 0 Å². The van der Waals surface area contributed by atoms with Gasteiger partial charge >= 0.3 is 0 Å². The Morgan fingerprint density at radius 2 is 1.72 bits per heavy atom. The van der Waals surface area contributed by atoms with Crippen LogP contribution in [0.15, 0.2) is 24.3 Å². The van der Waals surface area contributed by atoms with Crippen molar-refractivity contribution in [2.75, 3.05) is 0 Å². The van der Waals surface area contributed by atoms with E-state index in [1.165, 1.54) is 62.5 Å². The molecule has 2 nitrogen and oxygen atoms in total. The summed E-state index contributed by atoms with van der Waals surface area (Å²) in [5.41, 5.74) is 6.31. The maximum absolute atomic E-state index is 5.90. The minimum atomic E-state index is 0.393. The maximum atomic E-state index is 5.90. The Kier molecular flexibility index (Phi) is 3.96. The van der Waals surface area contributed by atoms with Crippen LogP contribution in [0.1, 0.15) is 62.1 Å². The fourth-order valence-electron chi connectivity index (χ4n) is 3.23. The standard InChI is InChI=1S/C16H23NO/c1-5-11-15-13(7-1)8-2-6-12-16(15)17-18-14-9-3-4-10-14/h1,5,7,11,14,16-17H,2-4,6,8-10,12H2. The third kappa shape index (κ3) is 2.76. The molecular weight excluding hydrogens is 222 g/mol. The number of benzene rings is 1. The molecule has 0 spiro atoms. The highest BCUT2D eigenvalue weighted by atomic mass is 16.7. The third-order valence-corrected chi connectivity index (χ3v) is 4.30. The van der Waals surface area contributed by atoms with Crippen LogP contribution in [0.25, 0.3) is 0 Å². The van der Waals surface area contributed by atoms with E-state index in [2.05, 4.69) is 29.7 Å². The minimum absolute atomic E-state index is 0.393. The van der Waals surface area contributed by atoms with Gasteiger partial charge in [-0.15, -0.1) is 0 Å². The predicted octanol–water partition coefficient (Wildman–Crippen LogP) is 3.92. The topological polar surface area (TPSA) is 21.3 Å². The van der Waals surface area contributed by atoms with E-state index in [-0.39, 0.29) is 0 Å². The van der Waals surface area contributed by atoms with Crippen LogP contribution in [-0.2, 0) is 11.3 Å². The summed E-state index contributed by atoms with van der Waals surface area (Å²) in [6.45, 7) is 0. The molecule has 1 fully saturated rings. The first-order valence-electron chi connectivity index (χ1n) is 7.42. The lowest BCUT2D eigenvalue weighted by atomic mass is 10.00. The molecule has 3 rings (SSSR count). The van der Waals surface area contributed by atoms with E-state index in [9.17, 15) is 0 Å². The zero-order chi connectivity index (χ0) is 12.2. The fraction of sp³-hybridized carbons (Fsp3) is 0.625. The second-order valence-corrected chi connectivity index (χ2v) is 5.64. The van der Waals surface area contributed by atoms with E-state index in [1.54, 1.807) is 0 Å². The lowest BCUT2D eigenvalue weighted by molar-refractivity contribution is -0.0423. The average Bonchev–Trinajstić information content (AvgIpc) is 2.84. The van der Waals surface area contributed by atoms with Gasteiger partial charge in [0.1, 0.15) is 0 Å². The van der Waals surface area contributed by atoms with E-state index < -0.39 is 0 Å². The van der Waals surface area contributed by atoms with Gasteiger partial charge in [0.15, 0.2) is 0 Å². The van der Waals surface area contributed by atoms with Gasteiger partial charge in [0.05, 0.1) is 12.1 Å². The van der Waals surface area contributed by atoms with Gasteiger partial charge in [-0.25, -0.2) is 0 Å². The van der Waals surface area contributed by atoms with Crippen LogP contribution < -0.4 is 5.48 Å². The Hall–Kier alpha value is -0.860. The van der Waals surface area contributed by atoms with E-state index in [1.807, 2.05) is 0 Å². The zero-order valence-corrected chi connectivity index (χ0v) is 11.0. The molecular formula is C16H23NO. The summed E-state index contributed by atoms with van der Waals surface area (Å²) in [7, 11) is 0. The van der Waals surface area contributed by atoms with Gasteiger partial charge in [0.25, 0.3) is 0 Å². The summed E-state index contributed by atoms with van der Waals surface area (Å²) in [5.74, 6) is 0. The van der Waals surface area contributed by atoms with Gasteiger partial charge in [-0.3, -0.25) is 4.84 Å². The molecule has 1 aromatic carbocycles. The van der Waals surface area contributed by atoms with E-state index >= 15 is 0 Å². The van der Waals surface area contributed by atoms with Gasteiger partial charge in [0, 0.05) is 0 Å². The molecule has 0 bridgehead atoms. The molecule has 0 heterocycles. The first-order valence-corrected chi connectivity index (χ1v) is 7.42. The summed E-state index contributed by atoms with van der Waals surface area (Å²) in [6, 6.07) is 9.22. The van der Waals surface area contributed by atoms with Crippen molar-refractivity contribution in [1.82, 2.24) is 5.48 Å². The molecule has 2 aliphatic rings. The molecule has 1 unspecified atom stereocenters. The van der Waals surface area contributed by atoms with E-state index in [0.29, 0.717) is 12.1 Å². The number of hydrogen-bond donors (Lipinski definition) is 1. The summed E-state index contributed by atoms with van der Waals surface area (Å²) < 4.78 is 0. The van der Waals surface area contributed by atoms with Crippen LogP contribution in [0.3, 0.4) is 0 Å². The van der Waals surface area contributed by atoms with Crippen molar-refractivity contribution in [2.45, 2.75) is 63.5 Å². The van der Waals surface area contributed by atoms with Crippen molar-refractivity contribution >= 4 is 0 Å². The summed E-state index contributed by atoms with van der Waals surface area (Å²) in [6.07, 6.45) is 10.6. The Morgan fingerprint density at radius 1 is 0.944 bits per heavy atom. The monoisotopic (exact) mass is 245 g/mol. The molecule has 1 aromatic rings. The molecule has 1 saturated carbocycles. The molecule has 0 saturated heterocycles. The molecule has 18 heavy (non-hydrogen) atoms. The summed E-state index contributed by atoms with van der Waals surface area (Å²) in [4.78, 5) is 5.90. The molecule has 0 amide bonds. The Balaban J connectivity index is 1.67. The largest absolute Gasteiger partial charge is 0.298 e. The number of hydroxylamine groups is 1. The molecule has 1 N–H and O–H groups in total. The van der Waals surface area contributed by atoms with Crippen LogP contribution in [-0.4, -0.2) is 6.10 Å². The van der Waals surface area contributed by atoms with Gasteiger partial charge < -0.3 is 0 Å². The van der Waals surface area contributed by atoms with Gasteiger partial charge in [-0.1, -0.05) is 43.5 Å². The molecule has 0 aromatic heterocycles. The maximum Gasteiger partial charge on any atom is 0.0790 e. The van der Waals surface area contributed by atoms with Crippen molar-refractivity contribution < 1.29 is 4.84 Å². The van der Waals surface area contributed by atoms with Crippen LogP contribution >= 0.6 is 0 Å². The van der Waals surface area contributed by atoms with Crippen molar-refractivity contribution in [3.63, 3.8) is 0 Å². The lowest BCUT2D eigenvalue weighted by Gasteiger charge is -2.21. The second-order valence-electron chi connectivity index (χ2n) is 5.64. The quantitative estimate of drug-likeness (QED) is 0.644. The van der Waals surface area contributed by atoms with Crippen LogP contribution in [0, 0.1) is 0 Å². The second kappa shape index (κ2) is 5.85. The number of nitrogens with one attached hydrogen (secondary N) is 1. The van der Waals surface area contributed by atoms with Gasteiger partial charge in [-0.2, -0.15) is 5.48 Å². The molecule has 0 radical (unpaired) electrons. The highest BCUT2D eigenvalue weighted by Crippen LogP contribution is 2.29. The third-order valence-electron chi connectivity index (χ3n) is 4.30. The van der Waals surface area contributed by atoms with E-state index in [0.717, 1.165) is 0 Å². The number of aryl methyl sites for hydroxylation is 1. The van der Waals surface area contributed by atoms with E-state index in [4.69, 9.17) is 4.84 Å². The van der Waals surface area contributed by atoms with Crippen molar-refractivity contribution in [3.8, 4) is 0 Å². The molecule has 2 heteroatoms. The average molecular weight is 245 g/mol. The van der Waals surface area contributed by atoms with Gasteiger partial charge in [-0.05, 0) is 43.2 Å². The van der Waals surface area contributed by atoms with Crippen LogP contribution in [0.5, 0.6) is 0 Å². The Bertz CT molecular complexity index is 384. The highest BCUT2D eigenvalue weighted by molar-refractivity contribution is 5.30. The molecule has 98 valence electrons. The normalized spacial score (nSPS) is 24.8. The Labute approximate surface area is 110 Å². The van der Waals surface area contributed by atoms with Crippen LogP contribution in [0.4, 0.5) is 0 Å². The SMILES string of the molecule is c1ccc2c(c1)CCCCC2NOC1CCCC1. The lowest BCUT2D eigenvalue weighted by Crippen LogP contribution is -2.26. The van der Waals surface area contributed by atoms with Crippen LogP contribution in [0.2, 0.25) is 0 Å². The first-order chi connectivity index (χ1) is 8.93. The Morgan fingerprint density at radius 3 is 2.61 bits per heavy atom. The fourth-order valence-corrected chi connectivity index (χ4v) is 3.23. The number of fused-ring (bicyclic) bond motifs is 1. The van der Waals surface area contributed by atoms with Crippen molar-refractivity contribution in [1.29, 1.82) is 0 Å². The molecule has 2 aliphatic carbocycles. The highest BCUT2D eigenvalue weighted by Gasteiger charge is 2.21. The summed E-state index contributed by atoms with van der Waals surface area (Å²) in [5, 5.41) is 0. The minimum Gasteiger partial charge on any atom is -0.298 e. The van der Waals surface area contributed by atoms with Gasteiger partial charge in [0.2, 0.25) is 0 Å². The van der Waals surface area contributed by atoms with Crippen molar-refractivity contribution in [3.05, 3.63) is 35.4 Å². The zero-order valence-electron chi connectivity index (χ0n) is 11.0.